The van der Waals surface area contributed by atoms with Crippen molar-refractivity contribution in [3.63, 3.8) is 0 Å². The third-order valence-electron chi connectivity index (χ3n) is 3.92. The summed E-state index contributed by atoms with van der Waals surface area (Å²) in [6.07, 6.45) is 1.90. The molecule has 2 atom stereocenters. The fourth-order valence-electron chi connectivity index (χ4n) is 2.86. The van der Waals surface area contributed by atoms with Crippen LogP contribution in [0.4, 0.5) is 5.69 Å². The normalized spacial score (nSPS) is 26.9. The third kappa shape index (κ3) is 2.30. The summed E-state index contributed by atoms with van der Waals surface area (Å²) in [5, 5.41) is 0.378. The SMILES string of the molecule is Cc1cc(Cl)c(N)cc1S(=O)(=O)N1CC2CCC(C1)O2. The number of morpholine rings is 1. The van der Waals surface area contributed by atoms with Gasteiger partial charge in [-0.05, 0) is 37.5 Å². The second-order valence-corrected chi connectivity index (χ2v) is 7.73. The van der Waals surface area contributed by atoms with Gasteiger partial charge in [-0.25, -0.2) is 8.42 Å². The monoisotopic (exact) mass is 316 g/mol. The lowest BCUT2D eigenvalue weighted by Crippen LogP contribution is -2.45. The molecule has 2 saturated heterocycles. The Hall–Kier alpha value is -0.820. The lowest BCUT2D eigenvalue weighted by Gasteiger charge is -2.31. The van der Waals surface area contributed by atoms with E-state index in [1.807, 2.05) is 0 Å². The van der Waals surface area contributed by atoms with E-state index in [-0.39, 0.29) is 22.8 Å². The van der Waals surface area contributed by atoms with Crippen LogP contribution in [0.2, 0.25) is 5.02 Å². The number of fused-ring (bicyclic) bond motifs is 2. The van der Waals surface area contributed by atoms with Crippen molar-refractivity contribution in [2.75, 3.05) is 18.8 Å². The quantitative estimate of drug-likeness (QED) is 0.844. The highest BCUT2D eigenvalue weighted by Gasteiger charge is 2.39. The third-order valence-corrected chi connectivity index (χ3v) is 6.22. The predicted octanol–water partition coefficient (Wildman–Crippen LogP) is 1.78. The van der Waals surface area contributed by atoms with Crippen LogP contribution < -0.4 is 5.73 Å². The van der Waals surface area contributed by atoms with Gasteiger partial charge in [0.15, 0.2) is 0 Å². The molecule has 0 aliphatic carbocycles. The van der Waals surface area contributed by atoms with E-state index in [9.17, 15) is 8.42 Å². The number of aryl methyl sites for hydroxylation is 1. The first-order valence-corrected chi connectivity index (χ1v) is 8.41. The first-order chi connectivity index (χ1) is 9.38. The van der Waals surface area contributed by atoms with Crippen LogP contribution in [0, 0.1) is 6.92 Å². The number of nitrogens with two attached hydrogens (primary N) is 1. The van der Waals surface area contributed by atoms with Gasteiger partial charge in [-0.1, -0.05) is 11.6 Å². The molecule has 3 rings (SSSR count). The second kappa shape index (κ2) is 4.87. The number of nitrogens with zero attached hydrogens (tertiary/aromatic N) is 1. The number of hydrogen-bond donors (Lipinski definition) is 1. The summed E-state index contributed by atoms with van der Waals surface area (Å²) in [6.45, 7) is 2.56. The Morgan fingerprint density at radius 3 is 2.50 bits per heavy atom. The van der Waals surface area contributed by atoms with Crippen molar-refractivity contribution < 1.29 is 13.2 Å². The molecule has 2 N–H and O–H groups in total. The molecule has 0 amide bonds. The van der Waals surface area contributed by atoms with Crippen molar-refractivity contribution in [2.24, 2.45) is 0 Å². The molecular formula is C13H17ClN2O3S. The Bertz CT molecular complexity index is 635. The molecule has 0 spiro atoms. The summed E-state index contributed by atoms with van der Waals surface area (Å²) in [5.41, 5.74) is 6.64. The van der Waals surface area contributed by atoms with Crippen LogP contribution >= 0.6 is 11.6 Å². The zero-order chi connectivity index (χ0) is 14.5. The molecule has 1 aromatic rings. The van der Waals surface area contributed by atoms with Crippen LogP contribution in [-0.2, 0) is 14.8 Å². The number of anilines is 1. The molecule has 2 aliphatic heterocycles. The molecule has 110 valence electrons. The van der Waals surface area contributed by atoms with E-state index in [1.165, 1.54) is 10.4 Å². The summed E-state index contributed by atoms with van der Waals surface area (Å²) >= 11 is 5.92. The number of hydrogen-bond acceptors (Lipinski definition) is 4. The molecule has 0 saturated carbocycles. The van der Waals surface area contributed by atoms with Crippen LogP contribution in [0.15, 0.2) is 17.0 Å². The molecule has 0 radical (unpaired) electrons. The molecule has 2 fully saturated rings. The van der Waals surface area contributed by atoms with Gasteiger partial charge in [0.1, 0.15) is 0 Å². The Balaban J connectivity index is 1.98. The summed E-state index contributed by atoms with van der Waals surface area (Å²) < 4.78 is 32.7. The molecule has 7 heteroatoms. The minimum absolute atomic E-state index is 0.0217. The highest BCUT2D eigenvalue weighted by molar-refractivity contribution is 7.89. The molecule has 0 aromatic heterocycles. The maximum Gasteiger partial charge on any atom is 0.243 e. The summed E-state index contributed by atoms with van der Waals surface area (Å²) in [6, 6.07) is 3.04. The van der Waals surface area contributed by atoms with Crippen molar-refractivity contribution in [3.8, 4) is 0 Å². The largest absolute Gasteiger partial charge is 0.397 e. The van der Waals surface area contributed by atoms with Crippen molar-refractivity contribution in [1.29, 1.82) is 0 Å². The van der Waals surface area contributed by atoms with E-state index in [2.05, 4.69) is 0 Å². The molecule has 2 unspecified atom stereocenters. The van der Waals surface area contributed by atoms with Crippen LogP contribution in [0.3, 0.4) is 0 Å². The van der Waals surface area contributed by atoms with Gasteiger partial charge in [-0.15, -0.1) is 0 Å². The topological polar surface area (TPSA) is 72.6 Å². The van der Waals surface area contributed by atoms with Crippen LogP contribution in [0.5, 0.6) is 0 Å². The first kappa shape index (κ1) is 14.1. The summed E-state index contributed by atoms with van der Waals surface area (Å²) in [5.74, 6) is 0. The van der Waals surface area contributed by atoms with E-state index in [4.69, 9.17) is 22.1 Å². The highest BCUT2D eigenvalue weighted by Crippen LogP contribution is 2.33. The number of benzene rings is 1. The lowest BCUT2D eigenvalue weighted by atomic mass is 10.2. The maximum atomic E-state index is 12.8. The van der Waals surface area contributed by atoms with E-state index in [1.54, 1.807) is 13.0 Å². The minimum Gasteiger partial charge on any atom is -0.397 e. The Kier molecular flexibility index (Phi) is 3.44. The molecule has 5 nitrogen and oxygen atoms in total. The molecule has 20 heavy (non-hydrogen) atoms. The smallest absolute Gasteiger partial charge is 0.243 e. The zero-order valence-electron chi connectivity index (χ0n) is 11.2. The average Bonchev–Trinajstić information content (AvgIpc) is 2.72. The van der Waals surface area contributed by atoms with Gasteiger partial charge in [-0.3, -0.25) is 0 Å². The summed E-state index contributed by atoms with van der Waals surface area (Å²) in [4.78, 5) is 0.237. The fourth-order valence-corrected chi connectivity index (χ4v) is 4.82. The van der Waals surface area contributed by atoms with E-state index >= 15 is 0 Å². The number of halogens is 1. The van der Waals surface area contributed by atoms with Gasteiger partial charge >= 0.3 is 0 Å². The van der Waals surface area contributed by atoms with Crippen molar-refractivity contribution in [3.05, 3.63) is 22.7 Å². The number of ether oxygens (including phenoxy) is 1. The van der Waals surface area contributed by atoms with E-state index in [0.29, 0.717) is 23.7 Å². The van der Waals surface area contributed by atoms with Crippen LogP contribution in [0.1, 0.15) is 18.4 Å². The average molecular weight is 317 g/mol. The minimum atomic E-state index is -3.54. The molecular weight excluding hydrogens is 300 g/mol. The van der Waals surface area contributed by atoms with Crippen molar-refractivity contribution in [2.45, 2.75) is 36.9 Å². The lowest BCUT2D eigenvalue weighted by molar-refractivity contribution is -0.0114. The molecule has 2 bridgehead atoms. The van der Waals surface area contributed by atoms with Gasteiger partial charge in [0.05, 0.1) is 27.8 Å². The standard InChI is InChI=1S/C13H17ClN2O3S/c1-8-4-11(14)12(15)5-13(8)20(17,18)16-6-9-2-3-10(7-16)19-9/h4-5,9-10H,2-3,6-7,15H2,1H3. The molecule has 1 aromatic carbocycles. The Labute approximate surface area is 123 Å². The first-order valence-electron chi connectivity index (χ1n) is 6.59. The van der Waals surface area contributed by atoms with Crippen LogP contribution in [0.25, 0.3) is 0 Å². The summed E-state index contributed by atoms with van der Waals surface area (Å²) in [7, 11) is -3.54. The molecule has 2 aliphatic rings. The fraction of sp³-hybridized carbons (Fsp3) is 0.538. The highest BCUT2D eigenvalue weighted by atomic mass is 35.5. The Morgan fingerprint density at radius 1 is 1.30 bits per heavy atom. The van der Waals surface area contributed by atoms with E-state index in [0.717, 1.165) is 12.8 Å². The Morgan fingerprint density at radius 2 is 1.90 bits per heavy atom. The zero-order valence-corrected chi connectivity index (χ0v) is 12.7. The number of sulfonamides is 1. The van der Waals surface area contributed by atoms with Gasteiger partial charge in [0, 0.05) is 13.1 Å². The number of rotatable bonds is 2. The van der Waals surface area contributed by atoms with Crippen molar-refractivity contribution >= 4 is 27.3 Å². The molecule has 2 heterocycles. The van der Waals surface area contributed by atoms with Gasteiger partial charge < -0.3 is 10.5 Å². The maximum absolute atomic E-state index is 12.8. The van der Waals surface area contributed by atoms with Gasteiger partial charge in [0.2, 0.25) is 10.0 Å². The number of nitrogen functional groups attached to an aromatic ring is 1. The van der Waals surface area contributed by atoms with Gasteiger partial charge in [-0.2, -0.15) is 4.31 Å². The van der Waals surface area contributed by atoms with Gasteiger partial charge in [0.25, 0.3) is 0 Å². The predicted molar refractivity (Wildman–Crippen MR) is 77.3 cm³/mol. The van der Waals surface area contributed by atoms with E-state index < -0.39 is 10.0 Å². The second-order valence-electron chi connectivity index (χ2n) is 5.42. The van der Waals surface area contributed by atoms with Crippen molar-refractivity contribution in [1.82, 2.24) is 4.31 Å². The van der Waals surface area contributed by atoms with Crippen LogP contribution in [-0.4, -0.2) is 38.0 Å².